The highest BCUT2D eigenvalue weighted by molar-refractivity contribution is 7.44. The second kappa shape index (κ2) is 10.1. The van der Waals surface area contributed by atoms with E-state index in [0.717, 1.165) is 40.7 Å². The van der Waals surface area contributed by atoms with E-state index in [4.69, 9.17) is 4.42 Å². The van der Waals surface area contributed by atoms with Crippen LogP contribution < -0.4 is 5.32 Å². The summed E-state index contributed by atoms with van der Waals surface area (Å²) in [6, 6.07) is 23.2. The first-order chi connectivity index (χ1) is 15.9. The molecule has 0 aliphatic carbocycles. The SMILES string of the molecule is CCCC(C)[P+](=O)Cc1ccc(NC(=O)c2ccc3oc(-c4ccc(C)cc4)cc3c2)cc1. The molecule has 168 valence electrons. The average molecular weight is 459 g/mol. The van der Waals surface area contributed by atoms with E-state index >= 15 is 0 Å². The summed E-state index contributed by atoms with van der Waals surface area (Å²) >= 11 is 0. The molecule has 1 heterocycles. The Morgan fingerprint density at radius 2 is 1.73 bits per heavy atom. The van der Waals surface area contributed by atoms with Gasteiger partial charge in [-0.3, -0.25) is 4.79 Å². The monoisotopic (exact) mass is 458 g/mol. The molecule has 0 aliphatic heterocycles. The normalized spacial score (nSPS) is 12.5. The lowest BCUT2D eigenvalue weighted by Gasteiger charge is -2.06. The van der Waals surface area contributed by atoms with Gasteiger partial charge in [-0.2, -0.15) is 0 Å². The number of carbonyl (C=O) groups is 1. The van der Waals surface area contributed by atoms with E-state index in [1.807, 2.05) is 54.6 Å². The van der Waals surface area contributed by atoms with Gasteiger partial charge in [-0.25, -0.2) is 0 Å². The zero-order chi connectivity index (χ0) is 23.4. The summed E-state index contributed by atoms with van der Waals surface area (Å²) in [7, 11) is -1.27. The van der Waals surface area contributed by atoms with Gasteiger partial charge in [-0.15, -0.1) is 0 Å². The summed E-state index contributed by atoms with van der Waals surface area (Å²) in [6.07, 6.45) is 2.60. The van der Waals surface area contributed by atoms with Crippen molar-refractivity contribution in [3.8, 4) is 11.3 Å². The quantitative estimate of drug-likeness (QED) is 0.271. The van der Waals surface area contributed by atoms with Gasteiger partial charge < -0.3 is 9.73 Å². The molecular weight excluding hydrogens is 429 g/mol. The zero-order valence-electron chi connectivity index (χ0n) is 19.3. The third-order valence-corrected chi connectivity index (χ3v) is 7.78. The fraction of sp³-hybridized carbons (Fsp3) is 0.250. The predicted octanol–water partition coefficient (Wildman–Crippen LogP) is 8.18. The van der Waals surface area contributed by atoms with Crippen molar-refractivity contribution in [1.82, 2.24) is 0 Å². The summed E-state index contributed by atoms with van der Waals surface area (Å²) < 4.78 is 18.4. The van der Waals surface area contributed by atoms with E-state index in [9.17, 15) is 9.36 Å². The molecule has 33 heavy (non-hydrogen) atoms. The minimum Gasteiger partial charge on any atom is -0.456 e. The molecule has 0 radical (unpaired) electrons. The van der Waals surface area contributed by atoms with Crippen molar-refractivity contribution in [3.05, 3.63) is 89.5 Å². The van der Waals surface area contributed by atoms with E-state index in [1.165, 1.54) is 5.56 Å². The molecule has 0 saturated heterocycles. The number of hydrogen-bond acceptors (Lipinski definition) is 3. The van der Waals surface area contributed by atoms with Crippen LogP contribution in [0.5, 0.6) is 0 Å². The standard InChI is InChI=1S/C28H28NO3P/c1-4-5-20(3)33(31)18-21-8-13-25(14-9-21)29-28(30)23-12-15-26-24(16-23)17-27(32-26)22-10-6-19(2)7-11-22/h6-17,20H,4-5,18H2,1-3H3/p+1. The van der Waals surface area contributed by atoms with Crippen LogP contribution in [0.25, 0.3) is 22.3 Å². The Labute approximate surface area is 195 Å². The van der Waals surface area contributed by atoms with Crippen LogP contribution >= 0.6 is 7.80 Å². The Hall–Kier alpha value is -3.23. The van der Waals surface area contributed by atoms with Gasteiger partial charge in [0.15, 0.2) is 11.8 Å². The second-order valence-corrected chi connectivity index (χ2v) is 10.6. The minimum atomic E-state index is -1.27. The molecule has 0 fully saturated rings. The van der Waals surface area contributed by atoms with Crippen LogP contribution in [0.2, 0.25) is 0 Å². The van der Waals surface area contributed by atoms with E-state index in [0.29, 0.717) is 17.4 Å². The number of amides is 1. The first-order valence-electron chi connectivity index (χ1n) is 11.4. The summed E-state index contributed by atoms with van der Waals surface area (Å²) in [6.45, 7) is 6.22. The third kappa shape index (κ3) is 5.58. The van der Waals surface area contributed by atoms with E-state index < -0.39 is 7.80 Å². The number of furan rings is 1. The molecule has 0 aliphatic rings. The first-order valence-corrected chi connectivity index (χ1v) is 12.9. The smallest absolute Gasteiger partial charge is 0.346 e. The Bertz CT molecular complexity index is 1270. The van der Waals surface area contributed by atoms with Gasteiger partial charge in [0.2, 0.25) is 0 Å². The molecule has 4 aromatic rings. The van der Waals surface area contributed by atoms with Gasteiger partial charge in [0.25, 0.3) is 5.91 Å². The molecule has 5 heteroatoms. The number of aryl methyl sites for hydroxylation is 1. The maximum atomic E-state index is 12.8. The molecule has 1 N–H and O–H groups in total. The number of anilines is 1. The molecule has 3 aromatic carbocycles. The highest BCUT2D eigenvalue weighted by atomic mass is 31.1. The summed E-state index contributed by atoms with van der Waals surface area (Å²) in [5.41, 5.74) is 5.50. The van der Waals surface area contributed by atoms with Crippen molar-refractivity contribution in [2.45, 2.75) is 45.4 Å². The summed E-state index contributed by atoms with van der Waals surface area (Å²) in [5.74, 6) is 0.607. The fourth-order valence-corrected chi connectivity index (χ4v) is 5.27. The predicted molar refractivity (Wildman–Crippen MR) is 136 cm³/mol. The topological polar surface area (TPSA) is 59.3 Å². The molecule has 0 bridgehead atoms. The van der Waals surface area contributed by atoms with Gasteiger partial charge in [0.05, 0.1) is 0 Å². The number of carbonyl (C=O) groups excluding carboxylic acids is 1. The van der Waals surface area contributed by atoms with Crippen molar-refractivity contribution in [2.75, 3.05) is 5.32 Å². The maximum absolute atomic E-state index is 12.8. The maximum Gasteiger partial charge on any atom is 0.346 e. The van der Waals surface area contributed by atoms with Crippen molar-refractivity contribution in [3.63, 3.8) is 0 Å². The van der Waals surface area contributed by atoms with Gasteiger partial charge in [0.1, 0.15) is 11.3 Å². The summed E-state index contributed by atoms with van der Waals surface area (Å²) in [4.78, 5) is 12.8. The average Bonchev–Trinajstić information content (AvgIpc) is 3.24. The van der Waals surface area contributed by atoms with Gasteiger partial charge >= 0.3 is 7.80 Å². The van der Waals surface area contributed by atoms with Gasteiger partial charge in [0, 0.05) is 22.2 Å². The lowest BCUT2D eigenvalue weighted by molar-refractivity contribution is 0.102. The lowest BCUT2D eigenvalue weighted by Crippen LogP contribution is -2.11. The Balaban J connectivity index is 1.44. The van der Waals surface area contributed by atoms with Gasteiger partial charge in [-0.05, 0) is 62.2 Å². The van der Waals surface area contributed by atoms with Crippen molar-refractivity contribution in [1.29, 1.82) is 0 Å². The molecule has 1 amide bonds. The lowest BCUT2D eigenvalue weighted by atomic mass is 10.1. The van der Waals surface area contributed by atoms with Crippen molar-refractivity contribution < 1.29 is 13.8 Å². The highest BCUT2D eigenvalue weighted by Gasteiger charge is 2.24. The fourth-order valence-electron chi connectivity index (χ4n) is 3.84. The number of nitrogens with one attached hydrogen (secondary N) is 1. The van der Waals surface area contributed by atoms with Crippen LogP contribution in [0.15, 0.2) is 77.2 Å². The Kier molecular flexibility index (Phi) is 7.05. The van der Waals surface area contributed by atoms with Crippen LogP contribution in [0.1, 0.15) is 48.2 Å². The minimum absolute atomic E-state index is 0.176. The molecule has 0 spiro atoms. The molecule has 2 unspecified atom stereocenters. The Morgan fingerprint density at radius 1 is 1.00 bits per heavy atom. The van der Waals surface area contributed by atoms with Crippen molar-refractivity contribution in [2.24, 2.45) is 0 Å². The second-order valence-electron chi connectivity index (χ2n) is 8.59. The number of benzene rings is 3. The van der Waals surface area contributed by atoms with E-state index in [1.54, 1.807) is 6.07 Å². The number of fused-ring (bicyclic) bond motifs is 1. The van der Waals surface area contributed by atoms with Crippen LogP contribution in [0.3, 0.4) is 0 Å². The molecule has 0 saturated carbocycles. The van der Waals surface area contributed by atoms with Gasteiger partial charge in [-0.1, -0.05) is 59.9 Å². The summed E-state index contributed by atoms with van der Waals surface area (Å²) in [5, 5.41) is 3.84. The zero-order valence-corrected chi connectivity index (χ0v) is 20.2. The third-order valence-electron chi connectivity index (χ3n) is 5.86. The Morgan fingerprint density at radius 3 is 2.42 bits per heavy atom. The van der Waals surface area contributed by atoms with E-state index in [2.05, 4.69) is 38.2 Å². The largest absolute Gasteiger partial charge is 0.456 e. The van der Waals surface area contributed by atoms with Crippen molar-refractivity contribution >= 4 is 30.4 Å². The highest BCUT2D eigenvalue weighted by Crippen LogP contribution is 2.35. The number of hydrogen-bond donors (Lipinski definition) is 1. The van der Waals surface area contributed by atoms with Crippen LogP contribution in [-0.4, -0.2) is 11.6 Å². The molecule has 4 rings (SSSR count). The molecular formula is C28H29NO3P+. The van der Waals surface area contributed by atoms with E-state index in [-0.39, 0.29) is 11.6 Å². The van der Waals surface area contributed by atoms with Crippen LogP contribution in [-0.2, 0) is 10.7 Å². The number of rotatable bonds is 8. The van der Waals surface area contributed by atoms with Crippen LogP contribution in [0, 0.1) is 6.92 Å². The molecule has 2 atom stereocenters. The first kappa shape index (κ1) is 22.9. The molecule has 1 aromatic heterocycles. The molecule has 4 nitrogen and oxygen atoms in total. The van der Waals surface area contributed by atoms with Crippen LogP contribution in [0.4, 0.5) is 5.69 Å².